The topological polar surface area (TPSA) is 89.9 Å². The Hall–Kier alpha value is -2.81. The van der Waals surface area contributed by atoms with Gasteiger partial charge in [-0.05, 0) is 23.8 Å². The van der Waals surface area contributed by atoms with Gasteiger partial charge in [-0.1, -0.05) is 24.3 Å². The predicted octanol–water partition coefficient (Wildman–Crippen LogP) is 1.35. The molecule has 2 N–H and O–H groups in total. The van der Waals surface area contributed by atoms with Crippen LogP contribution in [0.1, 0.15) is 5.56 Å². The molecule has 0 amide bonds. The first-order valence-electron chi connectivity index (χ1n) is 9.13. The highest BCUT2D eigenvalue weighted by molar-refractivity contribution is 7.92. The van der Waals surface area contributed by atoms with Gasteiger partial charge < -0.3 is 15.1 Å². The lowest BCUT2D eigenvalue weighted by atomic mass is 10.2. The van der Waals surface area contributed by atoms with Gasteiger partial charge in [-0.25, -0.2) is 13.4 Å². The average molecular weight is 403 g/mol. The van der Waals surface area contributed by atoms with Crippen LogP contribution >= 0.6 is 0 Å². The summed E-state index contributed by atoms with van der Waals surface area (Å²) in [6.45, 7) is 3.87. The fourth-order valence-electron chi connectivity index (χ4n) is 3.17. The molecule has 1 saturated heterocycles. The third-order valence-electron chi connectivity index (χ3n) is 4.51. The number of hydrogen-bond donors (Lipinski definition) is 2. The average Bonchev–Trinajstić information content (AvgIpc) is 2.70. The number of nitrogens with zero attached hydrogens (tertiary/aromatic N) is 4. The van der Waals surface area contributed by atoms with Crippen LogP contribution < -0.4 is 14.9 Å². The Balaban J connectivity index is 1.59. The number of sulfonamides is 1. The van der Waals surface area contributed by atoms with Crippen molar-refractivity contribution in [3.8, 4) is 0 Å². The van der Waals surface area contributed by atoms with E-state index in [2.05, 4.69) is 29.8 Å². The number of benzene rings is 1. The van der Waals surface area contributed by atoms with E-state index in [4.69, 9.17) is 0 Å². The van der Waals surface area contributed by atoms with E-state index in [0.717, 1.165) is 49.8 Å². The normalized spacial score (nSPS) is 15.4. The van der Waals surface area contributed by atoms with Crippen LogP contribution in [0, 0.1) is 0 Å². The first-order chi connectivity index (χ1) is 13.5. The van der Waals surface area contributed by atoms with Crippen molar-refractivity contribution in [1.82, 2.24) is 15.2 Å². The number of aliphatic imine (C=N–C) groups is 1. The van der Waals surface area contributed by atoms with Gasteiger partial charge in [0.05, 0.1) is 11.9 Å². The SMILES string of the molecule is CN=C(NCc1ccccc1NS(C)(=O)=O)N1CCN(c2ccccn2)CC1. The van der Waals surface area contributed by atoms with Crippen LogP contribution in [0.2, 0.25) is 0 Å². The van der Waals surface area contributed by atoms with E-state index < -0.39 is 10.0 Å². The molecule has 1 fully saturated rings. The number of guanidine groups is 1. The second-order valence-electron chi connectivity index (χ2n) is 6.59. The molecule has 0 bridgehead atoms. The molecule has 1 aliphatic rings. The van der Waals surface area contributed by atoms with E-state index in [0.29, 0.717) is 12.2 Å². The molecule has 0 spiro atoms. The lowest BCUT2D eigenvalue weighted by molar-refractivity contribution is 0.371. The van der Waals surface area contributed by atoms with Crippen LogP contribution in [-0.2, 0) is 16.6 Å². The van der Waals surface area contributed by atoms with Crippen molar-refractivity contribution < 1.29 is 8.42 Å². The van der Waals surface area contributed by atoms with Gasteiger partial charge in [-0.15, -0.1) is 0 Å². The second kappa shape index (κ2) is 8.92. The number of anilines is 2. The van der Waals surface area contributed by atoms with E-state index in [9.17, 15) is 8.42 Å². The monoisotopic (exact) mass is 402 g/mol. The molecule has 28 heavy (non-hydrogen) atoms. The maximum Gasteiger partial charge on any atom is 0.229 e. The summed E-state index contributed by atoms with van der Waals surface area (Å²) in [4.78, 5) is 13.3. The molecule has 2 heterocycles. The molecule has 0 unspecified atom stereocenters. The van der Waals surface area contributed by atoms with Crippen LogP contribution in [0.3, 0.4) is 0 Å². The zero-order valence-electron chi connectivity index (χ0n) is 16.2. The summed E-state index contributed by atoms with van der Waals surface area (Å²) in [5.41, 5.74) is 1.44. The summed E-state index contributed by atoms with van der Waals surface area (Å²) in [5.74, 6) is 1.79. The molecule has 150 valence electrons. The summed E-state index contributed by atoms with van der Waals surface area (Å²) in [7, 11) is -1.57. The Kier molecular flexibility index (Phi) is 6.35. The standard InChI is InChI=1S/C19H26N6O2S/c1-20-19(22-15-16-7-3-4-8-17(16)23-28(2,26)27)25-13-11-24(12-14-25)18-9-5-6-10-21-18/h3-10,23H,11-15H2,1-2H3,(H,20,22). The third-order valence-corrected chi connectivity index (χ3v) is 5.10. The van der Waals surface area contributed by atoms with Gasteiger partial charge in [-0.3, -0.25) is 9.71 Å². The quantitative estimate of drug-likeness (QED) is 0.580. The number of rotatable bonds is 5. The molecular formula is C19H26N6O2S. The van der Waals surface area contributed by atoms with Gasteiger partial charge in [0.1, 0.15) is 5.82 Å². The second-order valence-corrected chi connectivity index (χ2v) is 8.34. The van der Waals surface area contributed by atoms with Crippen molar-refractivity contribution in [3.63, 3.8) is 0 Å². The minimum atomic E-state index is -3.33. The largest absolute Gasteiger partial charge is 0.353 e. The molecule has 3 rings (SSSR count). The molecule has 0 radical (unpaired) electrons. The van der Waals surface area contributed by atoms with Crippen molar-refractivity contribution in [3.05, 3.63) is 54.2 Å². The molecule has 1 aliphatic heterocycles. The Labute approximate surface area is 166 Å². The Morgan fingerprint density at radius 3 is 2.46 bits per heavy atom. The van der Waals surface area contributed by atoms with Crippen LogP contribution in [0.15, 0.2) is 53.7 Å². The number of pyridine rings is 1. The van der Waals surface area contributed by atoms with Gasteiger partial charge >= 0.3 is 0 Å². The minimum Gasteiger partial charge on any atom is -0.353 e. The van der Waals surface area contributed by atoms with Crippen molar-refractivity contribution in [2.24, 2.45) is 4.99 Å². The first-order valence-corrected chi connectivity index (χ1v) is 11.0. The Morgan fingerprint density at radius 2 is 1.82 bits per heavy atom. The maximum atomic E-state index is 11.6. The molecule has 8 nitrogen and oxygen atoms in total. The van der Waals surface area contributed by atoms with Gasteiger partial charge in [0.25, 0.3) is 0 Å². The van der Waals surface area contributed by atoms with Gasteiger partial charge in [0.15, 0.2) is 5.96 Å². The number of aromatic nitrogens is 1. The van der Waals surface area contributed by atoms with Gasteiger partial charge in [-0.2, -0.15) is 0 Å². The zero-order chi connectivity index (χ0) is 20.0. The Bertz CT molecular complexity index is 909. The molecule has 0 atom stereocenters. The van der Waals surface area contributed by atoms with Gasteiger partial charge in [0, 0.05) is 46.0 Å². The van der Waals surface area contributed by atoms with Crippen LogP contribution in [0.25, 0.3) is 0 Å². The summed E-state index contributed by atoms with van der Waals surface area (Å²) in [5, 5.41) is 3.34. The molecule has 1 aromatic carbocycles. The minimum absolute atomic E-state index is 0.478. The highest BCUT2D eigenvalue weighted by Gasteiger charge is 2.20. The molecular weight excluding hydrogens is 376 g/mol. The fourth-order valence-corrected chi connectivity index (χ4v) is 3.77. The highest BCUT2D eigenvalue weighted by atomic mass is 32.2. The lowest BCUT2D eigenvalue weighted by Gasteiger charge is -2.37. The van der Waals surface area contributed by atoms with E-state index in [-0.39, 0.29) is 0 Å². The van der Waals surface area contributed by atoms with Crippen LogP contribution in [0.5, 0.6) is 0 Å². The molecule has 0 aliphatic carbocycles. The summed E-state index contributed by atoms with van der Waals surface area (Å²) >= 11 is 0. The number of hydrogen-bond acceptors (Lipinski definition) is 5. The van der Waals surface area contributed by atoms with Crippen molar-refractivity contribution in [1.29, 1.82) is 0 Å². The lowest BCUT2D eigenvalue weighted by Crippen LogP contribution is -2.52. The van der Waals surface area contributed by atoms with Crippen molar-refractivity contribution >= 4 is 27.5 Å². The van der Waals surface area contributed by atoms with Crippen LogP contribution in [-0.4, -0.2) is 63.7 Å². The van der Waals surface area contributed by atoms with Gasteiger partial charge in [0.2, 0.25) is 10.0 Å². The summed E-state index contributed by atoms with van der Waals surface area (Å²) in [6.07, 6.45) is 2.96. The predicted molar refractivity (Wildman–Crippen MR) is 113 cm³/mol. The number of nitrogens with one attached hydrogen (secondary N) is 2. The molecule has 1 aromatic heterocycles. The zero-order valence-corrected chi connectivity index (χ0v) is 17.0. The van der Waals surface area contributed by atoms with E-state index in [1.165, 1.54) is 0 Å². The maximum absolute atomic E-state index is 11.6. The molecule has 9 heteroatoms. The van der Waals surface area contributed by atoms with Crippen molar-refractivity contribution in [2.45, 2.75) is 6.54 Å². The summed E-state index contributed by atoms with van der Waals surface area (Å²) in [6, 6.07) is 13.3. The summed E-state index contributed by atoms with van der Waals surface area (Å²) < 4.78 is 25.7. The van der Waals surface area contributed by atoms with Crippen LogP contribution in [0.4, 0.5) is 11.5 Å². The molecule has 0 saturated carbocycles. The highest BCUT2D eigenvalue weighted by Crippen LogP contribution is 2.17. The number of para-hydroxylation sites is 1. The van der Waals surface area contributed by atoms with E-state index >= 15 is 0 Å². The Morgan fingerprint density at radius 1 is 1.11 bits per heavy atom. The smallest absolute Gasteiger partial charge is 0.229 e. The van der Waals surface area contributed by atoms with E-state index in [1.807, 2.05) is 42.6 Å². The van der Waals surface area contributed by atoms with Crippen molar-refractivity contribution in [2.75, 3.05) is 49.1 Å². The first kappa shape index (κ1) is 19.9. The number of piperazine rings is 1. The molecule has 2 aromatic rings. The van der Waals surface area contributed by atoms with E-state index in [1.54, 1.807) is 13.1 Å². The third kappa shape index (κ3) is 5.35. The fraction of sp³-hybridized carbons (Fsp3) is 0.368.